The second-order valence-electron chi connectivity index (χ2n) is 5.67. The van der Waals surface area contributed by atoms with Crippen LogP contribution in [0.4, 0.5) is 0 Å². The Labute approximate surface area is 144 Å². The summed E-state index contributed by atoms with van der Waals surface area (Å²) in [6, 6.07) is 5.05. The van der Waals surface area contributed by atoms with Crippen LogP contribution in [0.15, 0.2) is 28.8 Å². The average molecular weight is 368 g/mol. The lowest BCUT2D eigenvalue weighted by molar-refractivity contribution is -0.147. The Hall–Kier alpha value is -0.410. The lowest BCUT2D eigenvalue weighted by Gasteiger charge is -2.07. The molecule has 2 rings (SSSR count). The Balaban J connectivity index is 1.98. The fourth-order valence-corrected chi connectivity index (χ4v) is 3.36. The predicted molar refractivity (Wildman–Crippen MR) is 86.8 cm³/mol. The van der Waals surface area contributed by atoms with Crippen LogP contribution in [0.25, 0.3) is 0 Å². The van der Waals surface area contributed by atoms with E-state index in [1.54, 1.807) is 24.3 Å². The van der Waals surface area contributed by atoms with E-state index in [2.05, 4.69) is 0 Å². The van der Waals surface area contributed by atoms with Gasteiger partial charge < -0.3 is 4.74 Å². The minimum Gasteiger partial charge on any atom is -0.461 e. The third-order valence-corrected chi connectivity index (χ3v) is 4.46. The van der Waals surface area contributed by atoms with Crippen molar-refractivity contribution in [2.75, 3.05) is 0 Å². The maximum absolute atomic E-state index is 12.2. The summed E-state index contributed by atoms with van der Waals surface area (Å²) in [4.78, 5) is 12.2. The van der Waals surface area contributed by atoms with Gasteiger partial charge in [0, 0.05) is 10.0 Å². The SMILES string of the molecule is CC1(C)C(C=C(Cl)Cl)C1C(=O)OCc1cc(Cl)cc(Cl)c1. The first-order chi connectivity index (χ1) is 9.71. The zero-order chi connectivity index (χ0) is 15.8. The van der Waals surface area contributed by atoms with Gasteiger partial charge in [0.15, 0.2) is 0 Å². The summed E-state index contributed by atoms with van der Waals surface area (Å²) in [5.74, 6) is -0.510. The summed E-state index contributed by atoms with van der Waals surface area (Å²) in [6.07, 6.45) is 1.69. The van der Waals surface area contributed by atoms with Gasteiger partial charge in [-0.15, -0.1) is 0 Å². The van der Waals surface area contributed by atoms with Gasteiger partial charge in [-0.3, -0.25) is 4.79 Å². The molecule has 21 heavy (non-hydrogen) atoms. The first-order valence-electron chi connectivity index (χ1n) is 6.36. The fraction of sp³-hybridized carbons (Fsp3) is 0.400. The molecular weight excluding hydrogens is 354 g/mol. The molecule has 1 aromatic rings. The molecule has 1 fully saturated rings. The van der Waals surface area contributed by atoms with E-state index in [0.717, 1.165) is 5.56 Å². The summed E-state index contributed by atoms with van der Waals surface area (Å²) in [7, 11) is 0. The highest BCUT2D eigenvalue weighted by Crippen LogP contribution is 2.60. The molecule has 6 heteroatoms. The Kier molecular flexibility index (Phi) is 5.15. The number of benzene rings is 1. The number of carbonyl (C=O) groups is 1. The molecule has 1 saturated carbocycles. The van der Waals surface area contributed by atoms with E-state index in [1.165, 1.54) is 0 Å². The zero-order valence-corrected chi connectivity index (χ0v) is 14.5. The molecule has 0 N–H and O–H groups in total. The van der Waals surface area contributed by atoms with E-state index in [1.807, 2.05) is 13.8 Å². The van der Waals surface area contributed by atoms with E-state index < -0.39 is 0 Å². The Bertz CT molecular complexity index is 571. The molecule has 0 aliphatic heterocycles. The molecule has 1 aliphatic carbocycles. The van der Waals surface area contributed by atoms with Crippen molar-refractivity contribution in [1.29, 1.82) is 0 Å². The van der Waals surface area contributed by atoms with Gasteiger partial charge in [0.25, 0.3) is 0 Å². The molecule has 0 saturated heterocycles. The molecule has 0 aromatic heterocycles. The molecule has 2 nitrogen and oxygen atoms in total. The number of allylic oxidation sites excluding steroid dienone is 1. The van der Waals surface area contributed by atoms with Crippen LogP contribution in [0.2, 0.25) is 10.0 Å². The molecule has 2 atom stereocenters. The molecule has 0 amide bonds. The van der Waals surface area contributed by atoms with E-state index in [9.17, 15) is 4.79 Å². The largest absolute Gasteiger partial charge is 0.461 e. The normalized spacial score (nSPS) is 22.6. The molecule has 0 bridgehead atoms. The van der Waals surface area contributed by atoms with Gasteiger partial charge in [0.05, 0.1) is 5.92 Å². The topological polar surface area (TPSA) is 26.3 Å². The second-order valence-corrected chi connectivity index (χ2v) is 7.55. The number of halogens is 4. The molecule has 0 radical (unpaired) electrons. The van der Waals surface area contributed by atoms with Crippen molar-refractivity contribution in [3.05, 3.63) is 44.4 Å². The van der Waals surface area contributed by atoms with Crippen LogP contribution in [0.1, 0.15) is 19.4 Å². The zero-order valence-electron chi connectivity index (χ0n) is 11.5. The molecule has 114 valence electrons. The van der Waals surface area contributed by atoms with Gasteiger partial charge in [-0.05, 0) is 41.2 Å². The van der Waals surface area contributed by atoms with Gasteiger partial charge in [-0.1, -0.05) is 60.3 Å². The van der Waals surface area contributed by atoms with Crippen molar-refractivity contribution in [1.82, 2.24) is 0 Å². The summed E-state index contributed by atoms with van der Waals surface area (Å²) in [5, 5.41) is 1.02. The molecule has 1 aromatic carbocycles. The maximum atomic E-state index is 12.2. The molecule has 0 heterocycles. The number of rotatable bonds is 4. The van der Waals surface area contributed by atoms with Crippen LogP contribution in [0.3, 0.4) is 0 Å². The minimum absolute atomic E-state index is 0.00190. The first-order valence-corrected chi connectivity index (χ1v) is 7.87. The van der Waals surface area contributed by atoms with Crippen molar-refractivity contribution >= 4 is 52.4 Å². The van der Waals surface area contributed by atoms with E-state index >= 15 is 0 Å². The summed E-state index contributed by atoms with van der Waals surface area (Å²) >= 11 is 23.1. The molecule has 2 unspecified atom stereocenters. The summed E-state index contributed by atoms with van der Waals surface area (Å²) in [5.41, 5.74) is 0.555. The molecule has 1 aliphatic rings. The molecular formula is C15H14Cl4O2. The number of ether oxygens (including phenoxy) is 1. The van der Waals surface area contributed by atoms with Crippen LogP contribution in [-0.2, 0) is 16.1 Å². The molecule has 0 spiro atoms. The van der Waals surface area contributed by atoms with Crippen LogP contribution in [-0.4, -0.2) is 5.97 Å². The monoisotopic (exact) mass is 366 g/mol. The van der Waals surface area contributed by atoms with Crippen molar-refractivity contribution < 1.29 is 9.53 Å². The number of esters is 1. The Morgan fingerprint density at radius 2 is 1.81 bits per heavy atom. The third kappa shape index (κ3) is 4.07. The van der Waals surface area contributed by atoms with Crippen LogP contribution in [0, 0.1) is 17.3 Å². The van der Waals surface area contributed by atoms with Crippen molar-refractivity contribution in [3.63, 3.8) is 0 Å². The van der Waals surface area contributed by atoms with E-state index in [0.29, 0.717) is 10.0 Å². The van der Waals surface area contributed by atoms with Crippen LogP contribution < -0.4 is 0 Å². The maximum Gasteiger partial charge on any atom is 0.310 e. The highest BCUT2D eigenvalue weighted by molar-refractivity contribution is 6.55. The van der Waals surface area contributed by atoms with Gasteiger partial charge >= 0.3 is 5.97 Å². The van der Waals surface area contributed by atoms with Gasteiger partial charge in [-0.2, -0.15) is 0 Å². The van der Waals surface area contributed by atoms with Gasteiger partial charge in [-0.25, -0.2) is 0 Å². The lowest BCUT2D eigenvalue weighted by Crippen LogP contribution is -2.10. The van der Waals surface area contributed by atoms with E-state index in [-0.39, 0.29) is 34.3 Å². The fourth-order valence-electron chi connectivity index (χ4n) is 2.51. The van der Waals surface area contributed by atoms with Crippen molar-refractivity contribution in [2.24, 2.45) is 17.3 Å². The van der Waals surface area contributed by atoms with Gasteiger partial charge in [0.1, 0.15) is 11.1 Å². The van der Waals surface area contributed by atoms with Gasteiger partial charge in [0.2, 0.25) is 0 Å². The summed E-state index contributed by atoms with van der Waals surface area (Å²) < 4.78 is 5.51. The third-order valence-electron chi connectivity index (χ3n) is 3.77. The number of carbonyl (C=O) groups excluding carboxylic acids is 1. The average Bonchev–Trinajstić information content (AvgIpc) is 2.85. The quantitative estimate of drug-likeness (QED) is 0.644. The Morgan fingerprint density at radius 1 is 1.24 bits per heavy atom. The second kappa shape index (κ2) is 6.37. The standard InChI is InChI=1S/C15H14Cl4O2/c1-15(2)11(6-12(18)19)13(15)14(20)21-7-8-3-9(16)5-10(17)4-8/h3-6,11,13H,7H2,1-2H3. The minimum atomic E-state index is -0.271. The number of hydrogen-bond donors (Lipinski definition) is 0. The van der Waals surface area contributed by atoms with Crippen molar-refractivity contribution in [3.8, 4) is 0 Å². The van der Waals surface area contributed by atoms with Crippen LogP contribution in [0.5, 0.6) is 0 Å². The predicted octanol–water partition coefficient (Wildman–Crippen LogP) is 5.63. The van der Waals surface area contributed by atoms with E-state index in [4.69, 9.17) is 51.1 Å². The summed E-state index contributed by atoms with van der Waals surface area (Å²) in [6.45, 7) is 4.09. The van der Waals surface area contributed by atoms with Crippen LogP contribution >= 0.6 is 46.4 Å². The first kappa shape index (κ1) is 17.0. The highest BCUT2D eigenvalue weighted by atomic mass is 35.5. The highest BCUT2D eigenvalue weighted by Gasteiger charge is 2.61. The van der Waals surface area contributed by atoms with Crippen molar-refractivity contribution in [2.45, 2.75) is 20.5 Å². The smallest absolute Gasteiger partial charge is 0.310 e. The lowest BCUT2D eigenvalue weighted by atomic mass is 10.1. The Morgan fingerprint density at radius 3 is 2.33 bits per heavy atom. The number of hydrogen-bond acceptors (Lipinski definition) is 2.